The highest BCUT2D eigenvalue weighted by molar-refractivity contribution is 5.94. The maximum absolute atomic E-state index is 12.5. The van der Waals surface area contributed by atoms with Gasteiger partial charge in [0.15, 0.2) is 0 Å². The van der Waals surface area contributed by atoms with Crippen molar-refractivity contribution < 1.29 is 9.18 Å². The molecular weight excluding hydrogens is 183 g/mol. The number of hydrogen-bond acceptors (Lipinski definition) is 2. The number of hydrogen-bond donors (Lipinski definition) is 2. The van der Waals surface area contributed by atoms with Crippen LogP contribution < -0.4 is 11.1 Å². The molecule has 1 aromatic carbocycles. The minimum Gasteiger partial charge on any atom is -0.325 e. The number of anilines is 1. The smallest absolute Gasteiger partial charge is 0.241 e. The van der Waals surface area contributed by atoms with Crippen molar-refractivity contribution in [2.75, 3.05) is 5.32 Å². The summed E-state index contributed by atoms with van der Waals surface area (Å²) >= 11 is 0. The molecule has 4 heteroatoms. The van der Waals surface area contributed by atoms with Crippen LogP contribution in [-0.2, 0) is 4.79 Å². The van der Waals surface area contributed by atoms with E-state index >= 15 is 0 Å². The van der Waals surface area contributed by atoms with Gasteiger partial charge in [-0.2, -0.15) is 0 Å². The summed E-state index contributed by atoms with van der Waals surface area (Å²) in [4.78, 5) is 11.3. The summed E-state index contributed by atoms with van der Waals surface area (Å²) in [5.74, 6) is -0.582. The normalized spacial score (nSPS) is 12.2. The fraction of sp³-hybridized carbons (Fsp3) is 0.300. The van der Waals surface area contributed by atoms with Gasteiger partial charge in [-0.1, -0.05) is 6.92 Å². The predicted molar refractivity (Wildman–Crippen MR) is 53.3 cm³/mol. The molecule has 0 aromatic heterocycles. The molecular formula is C10H13FN2O. The summed E-state index contributed by atoms with van der Waals surface area (Å²) < 4.78 is 12.5. The zero-order valence-corrected chi connectivity index (χ0v) is 7.96. The van der Waals surface area contributed by atoms with Gasteiger partial charge in [0.25, 0.3) is 0 Å². The molecule has 0 aliphatic rings. The van der Waals surface area contributed by atoms with Crippen LogP contribution in [0, 0.1) is 5.82 Å². The van der Waals surface area contributed by atoms with Crippen LogP contribution in [0.1, 0.15) is 13.3 Å². The van der Waals surface area contributed by atoms with Crippen molar-refractivity contribution in [3.63, 3.8) is 0 Å². The van der Waals surface area contributed by atoms with E-state index in [0.29, 0.717) is 12.1 Å². The Labute approximate surface area is 82.1 Å². The van der Waals surface area contributed by atoms with Crippen molar-refractivity contribution in [3.8, 4) is 0 Å². The zero-order chi connectivity index (χ0) is 10.6. The number of nitrogens with one attached hydrogen (secondary N) is 1. The van der Waals surface area contributed by atoms with E-state index in [-0.39, 0.29) is 11.7 Å². The van der Waals surface area contributed by atoms with Crippen LogP contribution in [0.2, 0.25) is 0 Å². The molecule has 14 heavy (non-hydrogen) atoms. The molecule has 0 saturated carbocycles. The van der Waals surface area contributed by atoms with E-state index in [9.17, 15) is 9.18 Å². The average Bonchev–Trinajstić information content (AvgIpc) is 2.20. The minimum atomic E-state index is -0.514. The molecule has 0 aliphatic heterocycles. The molecule has 1 amide bonds. The molecule has 3 nitrogen and oxygen atoms in total. The molecule has 0 heterocycles. The van der Waals surface area contributed by atoms with Crippen molar-refractivity contribution in [1.29, 1.82) is 0 Å². The number of carbonyl (C=O) groups excluding carboxylic acids is 1. The van der Waals surface area contributed by atoms with Crippen LogP contribution in [0.15, 0.2) is 24.3 Å². The Hall–Kier alpha value is -1.42. The summed E-state index contributed by atoms with van der Waals surface area (Å²) in [5, 5.41) is 2.59. The fourth-order valence-electron chi connectivity index (χ4n) is 0.954. The summed E-state index contributed by atoms with van der Waals surface area (Å²) in [6, 6.07) is 5.05. The van der Waals surface area contributed by atoms with Crippen molar-refractivity contribution in [2.24, 2.45) is 5.73 Å². The van der Waals surface area contributed by atoms with E-state index in [4.69, 9.17) is 5.73 Å². The van der Waals surface area contributed by atoms with Crippen molar-refractivity contribution in [1.82, 2.24) is 0 Å². The second kappa shape index (κ2) is 4.72. The Bertz CT molecular complexity index is 310. The van der Waals surface area contributed by atoms with E-state index in [1.165, 1.54) is 24.3 Å². The maximum atomic E-state index is 12.5. The standard InChI is InChI=1S/C10H13FN2O/c1-2-9(12)10(14)13-8-5-3-7(11)4-6-8/h3-6,9H,2,12H2,1H3,(H,13,14)/t9-/m0/s1. The maximum Gasteiger partial charge on any atom is 0.241 e. The summed E-state index contributed by atoms with van der Waals surface area (Å²) in [6.07, 6.45) is 0.576. The van der Waals surface area contributed by atoms with E-state index < -0.39 is 6.04 Å². The second-order valence-electron chi connectivity index (χ2n) is 3.01. The monoisotopic (exact) mass is 196 g/mol. The fourth-order valence-corrected chi connectivity index (χ4v) is 0.954. The van der Waals surface area contributed by atoms with E-state index in [2.05, 4.69) is 5.32 Å². The molecule has 0 unspecified atom stereocenters. The SMILES string of the molecule is CC[C@H](N)C(=O)Nc1ccc(F)cc1. The number of nitrogens with two attached hydrogens (primary N) is 1. The Morgan fingerprint density at radius 2 is 2.07 bits per heavy atom. The first-order chi connectivity index (χ1) is 6.63. The van der Waals surface area contributed by atoms with Gasteiger partial charge in [-0.3, -0.25) is 4.79 Å². The second-order valence-corrected chi connectivity index (χ2v) is 3.01. The minimum absolute atomic E-state index is 0.251. The third-order valence-corrected chi connectivity index (χ3v) is 1.89. The number of benzene rings is 1. The molecule has 0 radical (unpaired) electrons. The van der Waals surface area contributed by atoms with Gasteiger partial charge in [-0.25, -0.2) is 4.39 Å². The molecule has 1 aromatic rings. The molecule has 0 saturated heterocycles. The van der Waals surface area contributed by atoms with Crippen LogP contribution >= 0.6 is 0 Å². The zero-order valence-electron chi connectivity index (χ0n) is 7.96. The Morgan fingerprint density at radius 3 is 2.57 bits per heavy atom. The van der Waals surface area contributed by atoms with Gasteiger partial charge in [0, 0.05) is 5.69 Å². The lowest BCUT2D eigenvalue weighted by Gasteiger charge is -2.09. The molecule has 0 spiro atoms. The predicted octanol–water partition coefficient (Wildman–Crippen LogP) is 1.50. The molecule has 1 atom stereocenters. The Balaban J connectivity index is 2.60. The topological polar surface area (TPSA) is 55.1 Å². The van der Waals surface area contributed by atoms with Gasteiger partial charge in [0.1, 0.15) is 5.82 Å². The van der Waals surface area contributed by atoms with Crippen molar-refractivity contribution in [3.05, 3.63) is 30.1 Å². The quantitative estimate of drug-likeness (QED) is 0.769. The van der Waals surface area contributed by atoms with Crippen molar-refractivity contribution >= 4 is 11.6 Å². The van der Waals surface area contributed by atoms with Crippen LogP contribution in [0.4, 0.5) is 10.1 Å². The van der Waals surface area contributed by atoms with Crippen LogP contribution in [0.3, 0.4) is 0 Å². The number of amides is 1. The summed E-state index contributed by atoms with van der Waals surface area (Å²) in [7, 11) is 0. The molecule has 1 rings (SSSR count). The first kappa shape index (κ1) is 10.7. The van der Waals surface area contributed by atoms with Gasteiger partial charge in [0.2, 0.25) is 5.91 Å². The van der Waals surface area contributed by atoms with Crippen molar-refractivity contribution in [2.45, 2.75) is 19.4 Å². The first-order valence-electron chi connectivity index (χ1n) is 4.45. The van der Waals surface area contributed by atoms with Gasteiger partial charge in [-0.05, 0) is 30.7 Å². The largest absolute Gasteiger partial charge is 0.325 e. The number of carbonyl (C=O) groups is 1. The summed E-state index contributed by atoms with van der Waals surface area (Å²) in [6.45, 7) is 1.83. The van der Waals surface area contributed by atoms with Gasteiger partial charge in [0.05, 0.1) is 6.04 Å². The van der Waals surface area contributed by atoms with Crippen LogP contribution in [0.5, 0.6) is 0 Å². The highest BCUT2D eigenvalue weighted by atomic mass is 19.1. The Morgan fingerprint density at radius 1 is 1.50 bits per heavy atom. The lowest BCUT2D eigenvalue weighted by atomic mass is 10.2. The summed E-state index contributed by atoms with van der Waals surface area (Å²) in [5.41, 5.74) is 6.06. The molecule has 76 valence electrons. The Kier molecular flexibility index (Phi) is 3.59. The molecule has 0 aliphatic carbocycles. The van der Waals surface area contributed by atoms with Gasteiger partial charge >= 0.3 is 0 Å². The van der Waals surface area contributed by atoms with Crippen LogP contribution in [0.25, 0.3) is 0 Å². The third-order valence-electron chi connectivity index (χ3n) is 1.89. The molecule has 0 fully saturated rings. The third kappa shape index (κ3) is 2.81. The van der Waals surface area contributed by atoms with E-state index in [0.717, 1.165) is 0 Å². The van der Waals surface area contributed by atoms with Gasteiger partial charge < -0.3 is 11.1 Å². The van der Waals surface area contributed by atoms with Gasteiger partial charge in [-0.15, -0.1) is 0 Å². The highest BCUT2D eigenvalue weighted by Crippen LogP contribution is 2.08. The van der Waals surface area contributed by atoms with E-state index in [1.807, 2.05) is 6.92 Å². The number of rotatable bonds is 3. The first-order valence-corrected chi connectivity index (χ1v) is 4.45. The lowest BCUT2D eigenvalue weighted by Crippen LogP contribution is -2.34. The average molecular weight is 196 g/mol. The highest BCUT2D eigenvalue weighted by Gasteiger charge is 2.10. The van der Waals surface area contributed by atoms with E-state index in [1.54, 1.807) is 0 Å². The lowest BCUT2D eigenvalue weighted by molar-refractivity contribution is -0.117. The molecule has 0 bridgehead atoms. The van der Waals surface area contributed by atoms with Crippen LogP contribution in [-0.4, -0.2) is 11.9 Å². The molecule has 3 N–H and O–H groups in total. The number of halogens is 1.